The molecule has 18 aromatic carbocycles. The van der Waals surface area contributed by atoms with Crippen molar-refractivity contribution in [3.05, 3.63) is 382 Å². The van der Waals surface area contributed by atoms with Crippen LogP contribution in [0.25, 0.3) is 200 Å². The van der Waals surface area contributed by atoms with Crippen molar-refractivity contribution >= 4 is 128 Å². The van der Waals surface area contributed by atoms with Gasteiger partial charge in [0.1, 0.15) is 0 Å². The molecular formula is C100H63NS2. The van der Waals surface area contributed by atoms with E-state index in [4.69, 9.17) is 13.7 Å². The van der Waals surface area contributed by atoms with Crippen LogP contribution >= 0.6 is 22.7 Å². The van der Waals surface area contributed by atoms with Gasteiger partial charge in [-0.1, -0.05) is 346 Å². The summed E-state index contributed by atoms with van der Waals surface area (Å²) in [6.45, 7) is 0. The molecule has 3 heteroatoms. The van der Waals surface area contributed by atoms with E-state index in [1.807, 2.05) is 102 Å². The molecule has 480 valence electrons. The minimum atomic E-state index is -0.397. The Morgan fingerprint density at radius 3 is 0.932 bits per heavy atom. The minimum absolute atomic E-state index is 0.204. The number of hydrogen-bond acceptors (Lipinski definition) is 2. The molecule has 21 rings (SSSR count). The molecule has 0 aliphatic rings. The fourth-order valence-corrected chi connectivity index (χ4v) is 18.3. The Morgan fingerprint density at radius 1 is 0.194 bits per heavy atom. The Bertz CT molecular complexity index is 7310. The first-order valence-corrected chi connectivity index (χ1v) is 36.2. The van der Waals surface area contributed by atoms with E-state index in [0.29, 0.717) is 11.1 Å². The molecule has 0 radical (unpaired) electrons. The van der Waals surface area contributed by atoms with E-state index in [2.05, 4.69) is 247 Å². The topological polar surface area (TPSA) is 4.93 Å². The highest BCUT2D eigenvalue weighted by atomic mass is 32.1. The van der Waals surface area contributed by atoms with Crippen molar-refractivity contribution in [2.24, 2.45) is 0 Å². The van der Waals surface area contributed by atoms with Crippen molar-refractivity contribution in [2.45, 2.75) is 0 Å². The summed E-state index contributed by atoms with van der Waals surface area (Å²) in [5.74, 6) is 0. The molecular weight excluding hydrogens is 1280 g/mol. The van der Waals surface area contributed by atoms with Gasteiger partial charge in [0.2, 0.25) is 0 Å². The number of para-hydroxylation sites is 2. The molecule has 1 nitrogen and oxygen atoms in total. The van der Waals surface area contributed by atoms with E-state index in [9.17, 15) is 0 Å². The highest BCUT2D eigenvalue weighted by Crippen LogP contribution is 2.51. The van der Waals surface area contributed by atoms with Gasteiger partial charge in [-0.15, -0.1) is 22.7 Å². The van der Waals surface area contributed by atoms with Gasteiger partial charge in [-0.2, -0.15) is 0 Å². The number of aromatic nitrogens is 1. The third-order valence-corrected chi connectivity index (χ3v) is 22.7. The van der Waals surface area contributed by atoms with E-state index in [-0.39, 0.29) is 59.5 Å². The van der Waals surface area contributed by atoms with Crippen LogP contribution in [0.4, 0.5) is 0 Å². The Balaban J connectivity index is 0.000000147. The summed E-state index contributed by atoms with van der Waals surface area (Å²) in [7, 11) is 0. The summed E-state index contributed by atoms with van der Waals surface area (Å²) >= 11 is 3.65. The van der Waals surface area contributed by atoms with Crippen molar-refractivity contribution in [3.63, 3.8) is 0 Å². The van der Waals surface area contributed by atoms with Crippen molar-refractivity contribution in [1.82, 2.24) is 4.57 Å². The number of rotatable bonds is 9. The summed E-state index contributed by atoms with van der Waals surface area (Å²) < 4.78 is 93.4. The smallest absolute Gasteiger partial charge is 0.0633 e. The van der Waals surface area contributed by atoms with E-state index in [0.717, 1.165) is 110 Å². The Kier molecular flexibility index (Phi) is 12.3. The van der Waals surface area contributed by atoms with Gasteiger partial charge >= 0.3 is 0 Å². The van der Waals surface area contributed by atoms with Gasteiger partial charge in [-0.3, -0.25) is 0 Å². The lowest BCUT2D eigenvalue weighted by Gasteiger charge is -2.19. The van der Waals surface area contributed by atoms with Crippen LogP contribution in [-0.2, 0) is 0 Å². The minimum Gasteiger partial charge on any atom is -0.308 e. The number of hydrogen-bond donors (Lipinski definition) is 0. The fraction of sp³-hybridized carbons (Fsp3) is 0. The van der Waals surface area contributed by atoms with Gasteiger partial charge in [-0.05, 0) is 163 Å². The van der Waals surface area contributed by atoms with Gasteiger partial charge < -0.3 is 4.57 Å². The molecule has 0 fully saturated rings. The maximum atomic E-state index is 8.92. The van der Waals surface area contributed by atoms with E-state index < -0.39 is 12.1 Å². The number of fused-ring (bicyclic) bond motifs is 13. The van der Waals surface area contributed by atoms with Crippen LogP contribution in [0.3, 0.4) is 0 Å². The first kappa shape index (κ1) is 50.5. The molecule has 0 bridgehead atoms. The third-order valence-electron chi connectivity index (χ3n) is 20.5. The van der Waals surface area contributed by atoms with Gasteiger partial charge in [0.25, 0.3) is 0 Å². The van der Waals surface area contributed by atoms with E-state index >= 15 is 0 Å². The third kappa shape index (κ3) is 10.1. The second-order valence-corrected chi connectivity index (χ2v) is 28.2. The molecule has 21 aromatic rings. The average molecular weight is 1350 g/mol. The number of nitrogens with zero attached hydrogens (tertiary/aromatic N) is 1. The van der Waals surface area contributed by atoms with Crippen molar-refractivity contribution in [1.29, 1.82) is 0 Å². The highest BCUT2D eigenvalue weighted by molar-refractivity contribution is 7.26. The van der Waals surface area contributed by atoms with Crippen LogP contribution in [0.1, 0.15) is 13.7 Å². The zero-order valence-corrected chi connectivity index (χ0v) is 57.0. The Labute approximate surface area is 619 Å². The lowest BCUT2D eigenvalue weighted by molar-refractivity contribution is 1.20. The van der Waals surface area contributed by atoms with Crippen LogP contribution in [0.15, 0.2) is 382 Å². The van der Waals surface area contributed by atoms with Crippen LogP contribution in [0.5, 0.6) is 0 Å². The van der Waals surface area contributed by atoms with Crippen molar-refractivity contribution < 1.29 is 13.7 Å². The SMILES string of the molecule is [2H]c1c([2H])c([2H])c(-c2c3ccccc3c(-c3ccc(-c4ccc5sc6ccccc6c5c4-c4ccc(-c5ccccc5)cc4)cc3)c3ccccc23)c([2H])c1[2H].[2H]c1c([2H])c([2H])c(-c2c3ccccc3c(-c3ccc(-c4ccc5sc6ccccc6c5c4-n4c5ccccc5c5ccccc54)cc3)c3ccccc23)c([2H])c1[2H]. The predicted octanol–water partition coefficient (Wildman–Crippen LogP) is 29.2. The Hall–Kier alpha value is -12.8. The second kappa shape index (κ2) is 25.1. The van der Waals surface area contributed by atoms with Gasteiger partial charge in [0, 0.05) is 56.7 Å². The zero-order chi connectivity index (χ0) is 76.6. The first-order valence-electron chi connectivity index (χ1n) is 39.6. The average Bonchev–Trinajstić information content (AvgIpc) is 1.71. The van der Waals surface area contributed by atoms with Crippen LogP contribution in [0, 0.1) is 0 Å². The molecule has 0 atom stereocenters. The van der Waals surface area contributed by atoms with Gasteiger partial charge in [0.15, 0.2) is 0 Å². The maximum absolute atomic E-state index is 8.92. The number of benzene rings is 18. The van der Waals surface area contributed by atoms with E-state index in [1.54, 1.807) is 0 Å². The summed E-state index contributed by atoms with van der Waals surface area (Å²) in [5, 5.41) is 14.6. The predicted molar refractivity (Wildman–Crippen MR) is 447 cm³/mol. The molecule has 0 saturated heterocycles. The van der Waals surface area contributed by atoms with Crippen molar-refractivity contribution in [2.75, 3.05) is 0 Å². The highest BCUT2D eigenvalue weighted by Gasteiger charge is 2.24. The fourth-order valence-electron chi connectivity index (χ4n) is 16.0. The summed E-state index contributed by atoms with van der Waals surface area (Å²) in [6.07, 6.45) is 0. The van der Waals surface area contributed by atoms with Crippen LogP contribution in [0.2, 0.25) is 0 Å². The van der Waals surface area contributed by atoms with Crippen LogP contribution in [-0.4, -0.2) is 4.57 Å². The molecule has 3 heterocycles. The molecule has 0 amide bonds. The summed E-state index contributed by atoms with van der Waals surface area (Å²) in [4.78, 5) is 0. The van der Waals surface area contributed by atoms with Gasteiger partial charge in [0.05, 0.1) is 30.4 Å². The lowest BCUT2D eigenvalue weighted by atomic mass is 9.85. The monoisotopic (exact) mass is 1350 g/mol. The van der Waals surface area contributed by atoms with Crippen LogP contribution < -0.4 is 0 Å². The molecule has 0 unspecified atom stereocenters. The van der Waals surface area contributed by atoms with Crippen molar-refractivity contribution in [3.8, 4) is 94.7 Å². The molecule has 0 saturated carbocycles. The maximum Gasteiger partial charge on any atom is 0.0633 e. The summed E-state index contributed by atoms with van der Waals surface area (Å²) in [6, 6.07) is 110. The molecule has 103 heavy (non-hydrogen) atoms. The second-order valence-electron chi connectivity index (χ2n) is 26.0. The molecule has 3 aromatic heterocycles. The lowest BCUT2D eigenvalue weighted by Crippen LogP contribution is -1.98. The molecule has 0 aliphatic carbocycles. The standard InChI is InChI=1S/C50H31NS.C50H32S/c1-2-14-33(15-3-1)47-38-18-4-6-20-40(38)48(41-21-7-5-19-39(41)47)34-28-26-32(27-29-34)35-30-31-46-49(42-22-10-13-25-45(42)52-46)50(35)51-43-23-11-8-16-36(43)37-17-9-12-24-44(37)51;1-3-13-33(14-4-1)34-23-27-38(28-24-34)49-39(31-32-46-50(49)44-21-11-12-22-45(44)51-46)35-25-29-37(30-26-35)48-42-19-9-7-17-40(42)47(36-15-5-2-6-16-36)41-18-8-10-20-43(41)48/h1-31H;1-32H/i1D,2D,3D,14D,15D;2D,5D,6D,15D,16D. The summed E-state index contributed by atoms with van der Waals surface area (Å²) in [5.41, 5.74) is 18.6. The molecule has 0 aliphatic heterocycles. The van der Waals surface area contributed by atoms with Gasteiger partial charge in [-0.25, -0.2) is 0 Å². The van der Waals surface area contributed by atoms with E-state index in [1.165, 1.54) is 67.8 Å². The number of thiophene rings is 2. The normalized spacial score (nSPS) is 13.0. The molecule has 0 spiro atoms. The Morgan fingerprint density at radius 2 is 0.495 bits per heavy atom. The quantitative estimate of drug-likeness (QED) is 0.127. The molecule has 0 N–H and O–H groups in total. The zero-order valence-electron chi connectivity index (χ0n) is 65.4. The first-order chi connectivity index (χ1) is 55.3. The largest absolute Gasteiger partial charge is 0.308 e.